The molecule has 0 aliphatic carbocycles. The topological polar surface area (TPSA) is 15.3 Å². The van der Waals surface area contributed by atoms with Crippen LogP contribution in [-0.2, 0) is 0 Å². The van der Waals surface area contributed by atoms with Crippen molar-refractivity contribution in [2.24, 2.45) is 0 Å². The van der Waals surface area contributed by atoms with Crippen molar-refractivity contribution >= 4 is 5.69 Å². The minimum Gasteiger partial charge on any atom is -0.371 e. The van der Waals surface area contributed by atoms with E-state index in [1.54, 1.807) is 0 Å². The molecule has 1 aliphatic rings. The van der Waals surface area contributed by atoms with E-state index in [0.717, 1.165) is 25.2 Å². The molecule has 0 saturated carbocycles. The zero-order chi connectivity index (χ0) is 11.4. The monoisotopic (exact) mass is 217 g/mol. The maximum atomic E-state index is 3.91. The predicted molar refractivity (Wildman–Crippen MR) is 69.8 cm³/mol. The lowest BCUT2D eigenvalue weighted by atomic mass is 10.0. The van der Waals surface area contributed by atoms with Crippen LogP contribution in [0.4, 0.5) is 5.69 Å². The van der Waals surface area contributed by atoms with Crippen molar-refractivity contribution in [1.82, 2.24) is 5.32 Å². The molecule has 0 unspecified atom stereocenters. The second-order valence-corrected chi connectivity index (χ2v) is 4.49. The first kappa shape index (κ1) is 11.5. The molecule has 1 heterocycles. The first-order valence-electron chi connectivity index (χ1n) is 6.20. The van der Waals surface area contributed by atoms with Gasteiger partial charge in [-0.05, 0) is 44.0 Å². The maximum Gasteiger partial charge on any atom is 0.0366 e. The molecule has 0 spiro atoms. The average molecular weight is 217 g/mol. The Hall–Kier alpha value is -1.02. The minimum absolute atomic E-state index is 0.716. The lowest BCUT2D eigenvalue weighted by Crippen LogP contribution is -2.42. The molecule has 1 radical (unpaired) electrons. The largest absolute Gasteiger partial charge is 0.371 e. The highest BCUT2D eigenvalue weighted by Crippen LogP contribution is 2.20. The fraction of sp³-hybridized carbons (Fsp3) is 0.500. The highest BCUT2D eigenvalue weighted by Gasteiger charge is 2.18. The third kappa shape index (κ3) is 2.76. The molecule has 1 aromatic rings. The second kappa shape index (κ2) is 5.35. The number of anilines is 1. The van der Waals surface area contributed by atoms with Gasteiger partial charge in [0.1, 0.15) is 0 Å². The predicted octanol–water partition coefficient (Wildman–Crippen LogP) is 2.45. The van der Waals surface area contributed by atoms with Gasteiger partial charge < -0.3 is 10.2 Å². The van der Waals surface area contributed by atoms with Gasteiger partial charge in [-0.3, -0.25) is 0 Å². The number of rotatable bonds is 3. The molecule has 0 aromatic heterocycles. The van der Waals surface area contributed by atoms with E-state index < -0.39 is 0 Å². The van der Waals surface area contributed by atoms with Crippen LogP contribution in [0.3, 0.4) is 0 Å². The number of benzene rings is 1. The van der Waals surface area contributed by atoms with Crippen LogP contribution in [0, 0.1) is 6.92 Å². The Kier molecular flexibility index (Phi) is 3.83. The third-order valence-corrected chi connectivity index (χ3v) is 3.29. The van der Waals surface area contributed by atoms with Crippen LogP contribution in [-0.4, -0.2) is 25.7 Å². The average Bonchev–Trinajstić information content (AvgIpc) is 2.32. The van der Waals surface area contributed by atoms with Crippen molar-refractivity contribution < 1.29 is 0 Å². The molecular formula is C14H21N2. The maximum absolute atomic E-state index is 3.91. The van der Waals surface area contributed by atoms with Gasteiger partial charge in [-0.1, -0.05) is 19.1 Å². The summed E-state index contributed by atoms with van der Waals surface area (Å²) < 4.78 is 0. The molecule has 0 amide bonds. The van der Waals surface area contributed by atoms with Crippen molar-refractivity contribution in [2.45, 2.75) is 25.8 Å². The molecule has 87 valence electrons. The fourth-order valence-corrected chi connectivity index (χ4v) is 2.34. The van der Waals surface area contributed by atoms with E-state index in [-0.39, 0.29) is 0 Å². The van der Waals surface area contributed by atoms with Gasteiger partial charge in [0.15, 0.2) is 0 Å². The van der Waals surface area contributed by atoms with Gasteiger partial charge in [0.05, 0.1) is 0 Å². The van der Waals surface area contributed by atoms with E-state index in [1.165, 1.54) is 18.5 Å². The SMILES string of the molecule is [CH2]c1ccc(N2CCC(NCC)CC2)cc1. The Morgan fingerprint density at radius 1 is 1.25 bits per heavy atom. The molecule has 1 aromatic carbocycles. The summed E-state index contributed by atoms with van der Waals surface area (Å²) in [6, 6.07) is 9.25. The van der Waals surface area contributed by atoms with E-state index in [4.69, 9.17) is 0 Å². The van der Waals surface area contributed by atoms with Gasteiger partial charge in [0.25, 0.3) is 0 Å². The number of nitrogens with zero attached hydrogens (tertiary/aromatic N) is 1. The molecule has 1 N–H and O–H groups in total. The Balaban J connectivity index is 1.91. The molecule has 2 rings (SSSR count). The summed E-state index contributed by atoms with van der Waals surface area (Å²) in [5.41, 5.74) is 2.42. The molecule has 0 bridgehead atoms. The molecule has 2 heteroatoms. The number of hydrogen-bond acceptors (Lipinski definition) is 2. The normalized spacial score (nSPS) is 17.8. The molecule has 16 heavy (non-hydrogen) atoms. The Bertz CT molecular complexity index is 310. The Morgan fingerprint density at radius 3 is 2.44 bits per heavy atom. The first-order valence-corrected chi connectivity index (χ1v) is 6.20. The van der Waals surface area contributed by atoms with Crippen LogP contribution in [0.15, 0.2) is 24.3 Å². The Labute approximate surface area is 98.7 Å². The van der Waals surface area contributed by atoms with E-state index in [1.807, 2.05) is 0 Å². The Morgan fingerprint density at radius 2 is 1.88 bits per heavy atom. The van der Waals surface area contributed by atoms with Crippen molar-refractivity contribution in [3.05, 3.63) is 36.8 Å². The van der Waals surface area contributed by atoms with E-state index in [0.29, 0.717) is 6.04 Å². The summed E-state index contributed by atoms with van der Waals surface area (Å²) in [4.78, 5) is 2.47. The van der Waals surface area contributed by atoms with Gasteiger partial charge in [-0.15, -0.1) is 0 Å². The smallest absolute Gasteiger partial charge is 0.0366 e. The summed E-state index contributed by atoms with van der Waals surface area (Å²) in [7, 11) is 0. The first-order chi connectivity index (χ1) is 7.79. The highest BCUT2D eigenvalue weighted by molar-refractivity contribution is 5.48. The molecule has 1 aliphatic heterocycles. The van der Waals surface area contributed by atoms with Crippen LogP contribution in [0.1, 0.15) is 25.3 Å². The lowest BCUT2D eigenvalue weighted by Gasteiger charge is -2.34. The highest BCUT2D eigenvalue weighted by atomic mass is 15.1. The van der Waals surface area contributed by atoms with Crippen molar-refractivity contribution in [3.63, 3.8) is 0 Å². The number of nitrogens with one attached hydrogen (secondary N) is 1. The molecule has 1 fully saturated rings. The zero-order valence-corrected chi connectivity index (χ0v) is 10.1. The summed E-state index contributed by atoms with van der Waals surface area (Å²) in [5, 5.41) is 3.53. The summed E-state index contributed by atoms with van der Waals surface area (Å²) in [6.45, 7) is 9.50. The molecular weight excluding hydrogens is 196 g/mol. The van der Waals surface area contributed by atoms with Crippen LogP contribution in [0.2, 0.25) is 0 Å². The van der Waals surface area contributed by atoms with Crippen LogP contribution in [0.25, 0.3) is 0 Å². The summed E-state index contributed by atoms with van der Waals surface area (Å²) >= 11 is 0. The second-order valence-electron chi connectivity index (χ2n) is 4.49. The summed E-state index contributed by atoms with van der Waals surface area (Å²) in [6.07, 6.45) is 2.50. The van der Waals surface area contributed by atoms with E-state index in [2.05, 4.69) is 48.3 Å². The quantitative estimate of drug-likeness (QED) is 0.836. The van der Waals surface area contributed by atoms with Gasteiger partial charge in [-0.2, -0.15) is 0 Å². The summed E-state index contributed by atoms with van der Waals surface area (Å²) in [5.74, 6) is 0. The van der Waals surface area contributed by atoms with Crippen molar-refractivity contribution in [2.75, 3.05) is 24.5 Å². The van der Waals surface area contributed by atoms with E-state index >= 15 is 0 Å². The van der Waals surface area contributed by atoms with Crippen LogP contribution < -0.4 is 10.2 Å². The molecule has 2 nitrogen and oxygen atoms in total. The molecule has 1 saturated heterocycles. The molecule has 0 atom stereocenters. The van der Waals surface area contributed by atoms with Gasteiger partial charge in [-0.25, -0.2) is 0 Å². The van der Waals surface area contributed by atoms with Crippen molar-refractivity contribution in [3.8, 4) is 0 Å². The van der Waals surface area contributed by atoms with Gasteiger partial charge in [0, 0.05) is 24.8 Å². The van der Waals surface area contributed by atoms with Gasteiger partial charge in [0.2, 0.25) is 0 Å². The zero-order valence-electron chi connectivity index (χ0n) is 10.1. The fourth-order valence-electron chi connectivity index (χ4n) is 2.34. The van der Waals surface area contributed by atoms with Crippen molar-refractivity contribution in [1.29, 1.82) is 0 Å². The van der Waals surface area contributed by atoms with Crippen LogP contribution >= 0.6 is 0 Å². The van der Waals surface area contributed by atoms with Crippen LogP contribution in [0.5, 0.6) is 0 Å². The lowest BCUT2D eigenvalue weighted by molar-refractivity contribution is 0.424. The standard InChI is InChI=1S/C14H21N2/c1-3-15-13-8-10-16(11-9-13)14-6-4-12(2)5-7-14/h4-7,13,15H,2-3,8-11H2,1H3. The minimum atomic E-state index is 0.716. The van der Waals surface area contributed by atoms with E-state index in [9.17, 15) is 0 Å². The third-order valence-electron chi connectivity index (χ3n) is 3.29. The van der Waals surface area contributed by atoms with Gasteiger partial charge >= 0.3 is 0 Å². The number of hydrogen-bond donors (Lipinski definition) is 1. The number of piperidine rings is 1.